The van der Waals surface area contributed by atoms with Crippen LogP contribution < -0.4 is 0 Å². The second kappa shape index (κ2) is 6.09. The predicted molar refractivity (Wildman–Crippen MR) is 92.2 cm³/mol. The Morgan fingerprint density at radius 2 is 1.96 bits per heavy atom. The summed E-state index contributed by atoms with van der Waals surface area (Å²) in [7, 11) is 0. The van der Waals surface area contributed by atoms with Crippen LogP contribution in [0.2, 0.25) is 0 Å². The van der Waals surface area contributed by atoms with E-state index in [9.17, 15) is 0 Å². The van der Waals surface area contributed by atoms with E-state index in [1.807, 2.05) is 48.9 Å². The summed E-state index contributed by atoms with van der Waals surface area (Å²) in [5.41, 5.74) is 2.69. The summed E-state index contributed by atoms with van der Waals surface area (Å²) in [6, 6.07) is 9.94. The van der Waals surface area contributed by atoms with Crippen LogP contribution in [0.5, 0.6) is 0 Å². The Balaban J connectivity index is 1.66. The molecule has 0 aliphatic carbocycles. The molecule has 4 rings (SSSR count). The van der Waals surface area contributed by atoms with Crippen LogP contribution in [0.25, 0.3) is 16.7 Å². The van der Waals surface area contributed by atoms with Crippen molar-refractivity contribution in [2.45, 2.75) is 24.6 Å². The number of hydrogen-bond acceptors (Lipinski definition) is 6. The molecule has 0 saturated carbocycles. The number of oxazole rings is 1. The summed E-state index contributed by atoms with van der Waals surface area (Å²) in [6.45, 7) is 3.86. The van der Waals surface area contributed by atoms with Crippen LogP contribution >= 0.6 is 11.8 Å². The van der Waals surface area contributed by atoms with E-state index in [0.29, 0.717) is 11.6 Å². The molecule has 0 saturated heterocycles. The van der Waals surface area contributed by atoms with E-state index >= 15 is 0 Å². The molecule has 120 valence electrons. The van der Waals surface area contributed by atoms with Gasteiger partial charge in [0, 0.05) is 0 Å². The van der Waals surface area contributed by atoms with Gasteiger partial charge in [0.1, 0.15) is 17.1 Å². The van der Waals surface area contributed by atoms with Crippen molar-refractivity contribution in [1.29, 1.82) is 0 Å². The monoisotopic (exact) mass is 337 g/mol. The number of fused-ring (bicyclic) bond motifs is 1. The molecule has 0 bridgehead atoms. The second-order valence-corrected chi connectivity index (χ2v) is 6.31. The quantitative estimate of drug-likeness (QED) is 0.418. The van der Waals surface area contributed by atoms with E-state index in [1.165, 1.54) is 0 Å². The lowest BCUT2D eigenvalue weighted by molar-refractivity contribution is 0.489. The predicted octanol–water partition coefficient (Wildman–Crippen LogP) is 3.71. The maximum absolute atomic E-state index is 5.63. The molecule has 1 aromatic carbocycles. The topological polar surface area (TPSA) is 69.6 Å². The van der Waals surface area contributed by atoms with Gasteiger partial charge in [0.2, 0.25) is 5.89 Å². The van der Waals surface area contributed by atoms with E-state index in [-0.39, 0.29) is 0 Å². The van der Waals surface area contributed by atoms with Gasteiger partial charge in [-0.15, -0.1) is 0 Å². The third-order valence-corrected chi connectivity index (χ3v) is 4.73. The highest BCUT2D eigenvalue weighted by molar-refractivity contribution is 7.98. The molecule has 0 N–H and O–H groups in total. The summed E-state index contributed by atoms with van der Waals surface area (Å²) in [4.78, 5) is 13.2. The molecule has 0 aliphatic heterocycles. The Kier molecular flexibility index (Phi) is 3.78. The zero-order valence-corrected chi connectivity index (χ0v) is 14.1. The summed E-state index contributed by atoms with van der Waals surface area (Å²) in [6.07, 6.45) is 3.37. The first-order valence-electron chi connectivity index (χ1n) is 7.52. The number of para-hydroxylation sites is 1. The Bertz CT molecular complexity index is 973. The van der Waals surface area contributed by atoms with Crippen molar-refractivity contribution in [1.82, 2.24) is 24.7 Å². The van der Waals surface area contributed by atoms with Crippen molar-refractivity contribution in [3.8, 4) is 5.69 Å². The number of hydrogen-bond donors (Lipinski definition) is 0. The van der Waals surface area contributed by atoms with Crippen LogP contribution in [0.3, 0.4) is 0 Å². The molecule has 24 heavy (non-hydrogen) atoms. The summed E-state index contributed by atoms with van der Waals surface area (Å²) < 4.78 is 7.45. The molecule has 3 heterocycles. The lowest BCUT2D eigenvalue weighted by Crippen LogP contribution is -1.97. The van der Waals surface area contributed by atoms with E-state index in [1.54, 1.807) is 24.3 Å². The molecule has 7 heteroatoms. The number of aryl methyl sites for hydroxylation is 2. The third kappa shape index (κ3) is 2.67. The SMILES string of the molecule is Cc1nc(CSc2ncnc3c2cnn3-c2ccccc2)oc1C. The van der Waals surface area contributed by atoms with Gasteiger partial charge in [0.05, 0.1) is 28.7 Å². The van der Waals surface area contributed by atoms with Crippen LogP contribution in [-0.4, -0.2) is 24.7 Å². The van der Waals surface area contributed by atoms with E-state index < -0.39 is 0 Å². The molecule has 0 radical (unpaired) electrons. The Morgan fingerprint density at radius 1 is 1.12 bits per heavy atom. The standard InChI is InChI=1S/C17H15N5OS/c1-11-12(2)23-15(21-11)9-24-17-14-8-20-22(16(14)18-10-19-17)13-6-4-3-5-7-13/h3-8,10H,9H2,1-2H3. The maximum Gasteiger partial charge on any atom is 0.205 e. The highest BCUT2D eigenvalue weighted by atomic mass is 32.2. The molecule has 6 nitrogen and oxygen atoms in total. The van der Waals surface area contributed by atoms with Gasteiger partial charge < -0.3 is 4.42 Å². The number of aromatic nitrogens is 5. The minimum Gasteiger partial charge on any atom is -0.445 e. The molecule has 0 fully saturated rings. The van der Waals surface area contributed by atoms with Crippen LogP contribution in [0.15, 0.2) is 52.3 Å². The molecule has 0 aliphatic rings. The van der Waals surface area contributed by atoms with Gasteiger partial charge in [0.15, 0.2) is 5.65 Å². The maximum atomic E-state index is 5.63. The molecule has 4 aromatic rings. The van der Waals surface area contributed by atoms with Crippen LogP contribution in [0, 0.1) is 13.8 Å². The third-order valence-electron chi connectivity index (χ3n) is 3.74. The van der Waals surface area contributed by atoms with E-state index in [0.717, 1.165) is 33.2 Å². The van der Waals surface area contributed by atoms with Crippen LogP contribution in [0.1, 0.15) is 17.3 Å². The molecular weight excluding hydrogens is 322 g/mol. The minimum atomic E-state index is 0.622. The van der Waals surface area contributed by atoms with Crippen molar-refractivity contribution in [3.05, 3.63) is 60.2 Å². The lowest BCUT2D eigenvalue weighted by atomic mass is 10.3. The largest absolute Gasteiger partial charge is 0.445 e. The number of thioether (sulfide) groups is 1. The van der Waals surface area contributed by atoms with Gasteiger partial charge in [-0.1, -0.05) is 30.0 Å². The van der Waals surface area contributed by atoms with Gasteiger partial charge in [0.25, 0.3) is 0 Å². The van der Waals surface area contributed by atoms with Crippen molar-refractivity contribution in [2.24, 2.45) is 0 Å². The van der Waals surface area contributed by atoms with E-state index in [2.05, 4.69) is 20.1 Å². The van der Waals surface area contributed by atoms with Crippen molar-refractivity contribution in [3.63, 3.8) is 0 Å². The van der Waals surface area contributed by atoms with Crippen molar-refractivity contribution < 1.29 is 4.42 Å². The Morgan fingerprint density at radius 3 is 2.71 bits per heavy atom. The normalized spacial score (nSPS) is 11.2. The molecule has 0 amide bonds. The Hall–Kier alpha value is -2.67. The van der Waals surface area contributed by atoms with Gasteiger partial charge >= 0.3 is 0 Å². The first-order chi connectivity index (χ1) is 11.7. The number of benzene rings is 1. The zero-order valence-electron chi connectivity index (χ0n) is 13.3. The molecule has 0 atom stereocenters. The molecular formula is C17H15N5OS. The van der Waals surface area contributed by atoms with Crippen molar-refractivity contribution >= 4 is 22.8 Å². The van der Waals surface area contributed by atoms with E-state index in [4.69, 9.17) is 4.42 Å². The van der Waals surface area contributed by atoms with Crippen LogP contribution in [-0.2, 0) is 5.75 Å². The summed E-state index contributed by atoms with van der Waals surface area (Å²) in [5, 5.41) is 6.25. The van der Waals surface area contributed by atoms with Crippen LogP contribution in [0.4, 0.5) is 0 Å². The average Bonchev–Trinajstić information content (AvgIpc) is 3.18. The Labute approximate surface area is 143 Å². The first-order valence-corrected chi connectivity index (χ1v) is 8.51. The average molecular weight is 337 g/mol. The van der Waals surface area contributed by atoms with Gasteiger partial charge in [-0.3, -0.25) is 0 Å². The highest BCUT2D eigenvalue weighted by Gasteiger charge is 2.13. The minimum absolute atomic E-state index is 0.622. The molecule has 0 spiro atoms. The summed E-state index contributed by atoms with van der Waals surface area (Å²) in [5.74, 6) is 2.18. The fourth-order valence-electron chi connectivity index (χ4n) is 2.43. The van der Waals surface area contributed by atoms with Crippen molar-refractivity contribution in [2.75, 3.05) is 0 Å². The second-order valence-electron chi connectivity index (χ2n) is 5.35. The smallest absolute Gasteiger partial charge is 0.205 e. The number of rotatable bonds is 4. The highest BCUT2D eigenvalue weighted by Crippen LogP contribution is 2.28. The fraction of sp³-hybridized carbons (Fsp3) is 0.176. The van der Waals surface area contributed by atoms with Gasteiger partial charge in [-0.05, 0) is 26.0 Å². The van der Waals surface area contributed by atoms with Gasteiger partial charge in [-0.2, -0.15) is 5.10 Å². The fourth-order valence-corrected chi connectivity index (χ4v) is 3.23. The summed E-state index contributed by atoms with van der Waals surface area (Å²) >= 11 is 1.57. The number of nitrogens with zero attached hydrogens (tertiary/aromatic N) is 5. The van der Waals surface area contributed by atoms with Gasteiger partial charge in [-0.25, -0.2) is 19.6 Å². The molecule has 3 aromatic heterocycles. The molecule has 0 unspecified atom stereocenters. The first kappa shape index (κ1) is 14.9. The zero-order chi connectivity index (χ0) is 16.5. The lowest BCUT2D eigenvalue weighted by Gasteiger charge is -2.03.